The van der Waals surface area contributed by atoms with Gasteiger partial charge in [-0.25, -0.2) is 4.98 Å². The molecular formula is C12H17N3O3. The highest BCUT2D eigenvalue weighted by atomic mass is 16.5. The predicted molar refractivity (Wildman–Crippen MR) is 65.9 cm³/mol. The number of nitrogens with zero attached hydrogens (tertiary/aromatic N) is 3. The molecule has 1 saturated heterocycles. The third kappa shape index (κ3) is 2.69. The number of hydrogen-bond donors (Lipinski definition) is 1. The van der Waals surface area contributed by atoms with Crippen LogP contribution in [0.2, 0.25) is 0 Å². The van der Waals surface area contributed by atoms with Crippen molar-refractivity contribution in [3.63, 3.8) is 0 Å². The van der Waals surface area contributed by atoms with E-state index in [2.05, 4.69) is 9.97 Å². The van der Waals surface area contributed by atoms with Gasteiger partial charge in [0, 0.05) is 24.8 Å². The zero-order chi connectivity index (χ0) is 13.1. The molecule has 0 aromatic carbocycles. The summed E-state index contributed by atoms with van der Waals surface area (Å²) in [7, 11) is 1.52. The molecule has 0 aliphatic carbocycles. The summed E-state index contributed by atoms with van der Waals surface area (Å²) in [4.78, 5) is 21.4. The Balaban J connectivity index is 2.20. The summed E-state index contributed by atoms with van der Waals surface area (Å²) in [5, 5.41) is 9.07. The van der Waals surface area contributed by atoms with E-state index in [4.69, 9.17) is 9.84 Å². The van der Waals surface area contributed by atoms with Crippen LogP contribution in [-0.2, 0) is 4.79 Å². The highest BCUT2D eigenvalue weighted by Gasteiger charge is 2.26. The van der Waals surface area contributed by atoms with Gasteiger partial charge in [-0.1, -0.05) is 0 Å². The van der Waals surface area contributed by atoms with Crippen LogP contribution in [0.1, 0.15) is 18.5 Å². The Bertz CT molecular complexity index is 450. The summed E-state index contributed by atoms with van der Waals surface area (Å²) >= 11 is 0. The molecule has 1 aliphatic rings. The summed E-state index contributed by atoms with van der Waals surface area (Å²) in [6, 6.07) is 2.18. The number of aliphatic carboxylic acids is 1. The summed E-state index contributed by atoms with van der Waals surface area (Å²) in [5.74, 6) is -0.317. The molecule has 98 valence electrons. The second-order valence-electron chi connectivity index (χ2n) is 4.48. The van der Waals surface area contributed by atoms with E-state index in [-0.39, 0.29) is 5.92 Å². The number of piperidine rings is 1. The third-order valence-electron chi connectivity index (χ3n) is 3.10. The molecule has 0 bridgehead atoms. The third-order valence-corrected chi connectivity index (χ3v) is 3.10. The molecule has 6 heteroatoms. The van der Waals surface area contributed by atoms with E-state index < -0.39 is 5.97 Å². The maximum absolute atomic E-state index is 11.0. The van der Waals surface area contributed by atoms with Crippen molar-refractivity contribution in [3.05, 3.63) is 11.8 Å². The van der Waals surface area contributed by atoms with Crippen LogP contribution in [-0.4, -0.2) is 41.2 Å². The molecule has 1 unspecified atom stereocenters. The lowest BCUT2D eigenvalue weighted by Gasteiger charge is -2.31. The molecule has 0 radical (unpaired) electrons. The largest absolute Gasteiger partial charge is 0.481 e. The fraction of sp³-hybridized carbons (Fsp3) is 0.583. The number of methoxy groups -OCH3 is 1. The van der Waals surface area contributed by atoms with E-state index in [0.29, 0.717) is 12.6 Å². The average Bonchev–Trinajstić information content (AvgIpc) is 2.38. The number of carboxylic acid groups (broad SMARTS) is 1. The summed E-state index contributed by atoms with van der Waals surface area (Å²) in [6.07, 6.45) is 1.59. The van der Waals surface area contributed by atoms with Crippen molar-refractivity contribution in [1.82, 2.24) is 9.97 Å². The number of carbonyl (C=O) groups is 1. The van der Waals surface area contributed by atoms with Gasteiger partial charge in [-0.2, -0.15) is 4.98 Å². The van der Waals surface area contributed by atoms with Crippen LogP contribution in [0.4, 0.5) is 5.82 Å². The topological polar surface area (TPSA) is 75.5 Å². The van der Waals surface area contributed by atoms with Crippen LogP contribution >= 0.6 is 0 Å². The fourth-order valence-electron chi connectivity index (χ4n) is 2.17. The molecule has 1 N–H and O–H groups in total. The summed E-state index contributed by atoms with van der Waals surface area (Å²) < 4.78 is 5.04. The van der Waals surface area contributed by atoms with Crippen molar-refractivity contribution in [2.75, 3.05) is 25.1 Å². The van der Waals surface area contributed by atoms with E-state index in [1.54, 1.807) is 0 Å². The molecule has 18 heavy (non-hydrogen) atoms. The predicted octanol–water partition coefficient (Wildman–Crippen LogP) is 1.09. The number of ether oxygens (including phenoxy) is 1. The molecule has 0 amide bonds. The first kappa shape index (κ1) is 12.6. The van der Waals surface area contributed by atoms with Crippen LogP contribution in [0.15, 0.2) is 6.07 Å². The highest BCUT2D eigenvalue weighted by molar-refractivity contribution is 5.71. The number of aryl methyl sites for hydroxylation is 1. The molecular weight excluding hydrogens is 234 g/mol. The maximum Gasteiger partial charge on any atom is 0.318 e. The summed E-state index contributed by atoms with van der Waals surface area (Å²) in [6.45, 7) is 3.19. The van der Waals surface area contributed by atoms with E-state index in [0.717, 1.165) is 30.9 Å². The van der Waals surface area contributed by atoms with E-state index >= 15 is 0 Å². The first-order valence-corrected chi connectivity index (χ1v) is 5.97. The van der Waals surface area contributed by atoms with Crippen LogP contribution in [0.25, 0.3) is 0 Å². The zero-order valence-electron chi connectivity index (χ0n) is 10.6. The van der Waals surface area contributed by atoms with Crippen LogP contribution in [0.5, 0.6) is 6.01 Å². The number of aromatic nitrogens is 2. The lowest BCUT2D eigenvalue weighted by atomic mass is 9.98. The molecule has 6 nitrogen and oxygen atoms in total. The molecule has 0 spiro atoms. The van der Waals surface area contributed by atoms with Crippen LogP contribution in [0, 0.1) is 12.8 Å². The Morgan fingerprint density at radius 1 is 1.56 bits per heavy atom. The van der Waals surface area contributed by atoms with Gasteiger partial charge in [0.25, 0.3) is 0 Å². The van der Waals surface area contributed by atoms with Crippen molar-refractivity contribution < 1.29 is 14.6 Å². The van der Waals surface area contributed by atoms with Crippen LogP contribution < -0.4 is 9.64 Å². The second-order valence-corrected chi connectivity index (χ2v) is 4.48. The van der Waals surface area contributed by atoms with Gasteiger partial charge >= 0.3 is 12.0 Å². The Kier molecular flexibility index (Phi) is 3.64. The smallest absolute Gasteiger partial charge is 0.318 e. The Hall–Kier alpha value is -1.85. The van der Waals surface area contributed by atoms with Crippen molar-refractivity contribution in [3.8, 4) is 6.01 Å². The van der Waals surface area contributed by atoms with E-state index in [9.17, 15) is 4.79 Å². The van der Waals surface area contributed by atoms with Gasteiger partial charge in [0.1, 0.15) is 5.82 Å². The average molecular weight is 251 g/mol. The van der Waals surface area contributed by atoms with Gasteiger partial charge in [0.15, 0.2) is 0 Å². The van der Waals surface area contributed by atoms with Crippen molar-refractivity contribution in [2.24, 2.45) is 5.92 Å². The van der Waals surface area contributed by atoms with Crippen molar-refractivity contribution in [1.29, 1.82) is 0 Å². The molecule has 1 fully saturated rings. The molecule has 2 heterocycles. The normalized spacial score (nSPS) is 19.7. The van der Waals surface area contributed by atoms with Gasteiger partial charge in [0.05, 0.1) is 13.0 Å². The second kappa shape index (κ2) is 5.20. The monoisotopic (exact) mass is 251 g/mol. The Morgan fingerprint density at radius 2 is 2.33 bits per heavy atom. The van der Waals surface area contributed by atoms with Gasteiger partial charge in [-0.15, -0.1) is 0 Å². The minimum atomic E-state index is -0.738. The number of anilines is 1. The number of hydrogen-bond acceptors (Lipinski definition) is 5. The number of carboxylic acids is 1. The fourth-order valence-corrected chi connectivity index (χ4v) is 2.17. The number of rotatable bonds is 3. The van der Waals surface area contributed by atoms with Crippen molar-refractivity contribution >= 4 is 11.8 Å². The standard InChI is InChI=1S/C12H17N3O3/c1-8-6-10(14-12(13-8)18-2)15-5-3-4-9(7-15)11(16)17/h6,9H,3-5,7H2,1-2H3,(H,16,17). The molecule has 1 aromatic heterocycles. The first-order chi connectivity index (χ1) is 8.60. The lowest BCUT2D eigenvalue weighted by molar-refractivity contribution is -0.141. The van der Waals surface area contributed by atoms with Crippen LogP contribution in [0.3, 0.4) is 0 Å². The molecule has 1 aliphatic heterocycles. The Morgan fingerprint density at radius 3 is 3.00 bits per heavy atom. The maximum atomic E-state index is 11.0. The zero-order valence-corrected chi connectivity index (χ0v) is 10.6. The van der Waals surface area contributed by atoms with Gasteiger partial charge in [0.2, 0.25) is 0 Å². The first-order valence-electron chi connectivity index (χ1n) is 5.97. The Labute approximate surface area is 106 Å². The lowest BCUT2D eigenvalue weighted by Crippen LogP contribution is -2.39. The molecule has 1 atom stereocenters. The molecule has 2 rings (SSSR count). The SMILES string of the molecule is COc1nc(C)cc(N2CCCC(C(=O)O)C2)n1. The van der Waals surface area contributed by atoms with E-state index in [1.165, 1.54) is 7.11 Å². The van der Waals surface area contributed by atoms with Gasteiger partial charge in [-0.3, -0.25) is 4.79 Å². The minimum absolute atomic E-state index is 0.319. The van der Waals surface area contributed by atoms with Gasteiger partial charge in [-0.05, 0) is 19.8 Å². The molecule has 1 aromatic rings. The highest BCUT2D eigenvalue weighted by Crippen LogP contribution is 2.23. The van der Waals surface area contributed by atoms with Crippen molar-refractivity contribution in [2.45, 2.75) is 19.8 Å². The molecule has 0 saturated carbocycles. The minimum Gasteiger partial charge on any atom is -0.481 e. The van der Waals surface area contributed by atoms with Gasteiger partial charge < -0.3 is 14.7 Å². The quantitative estimate of drug-likeness (QED) is 0.866. The van der Waals surface area contributed by atoms with E-state index in [1.807, 2.05) is 17.9 Å². The summed E-state index contributed by atoms with van der Waals surface area (Å²) in [5.41, 5.74) is 0.814.